The third-order valence-electron chi connectivity index (χ3n) is 4.50. The first kappa shape index (κ1) is 15.8. The Kier molecular flexibility index (Phi) is 8.41. The van der Waals surface area contributed by atoms with Gasteiger partial charge >= 0.3 is 0 Å². The second-order valence-corrected chi connectivity index (χ2v) is 6.01. The molecule has 0 radical (unpaired) electrons. The summed E-state index contributed by atoms with van der Waals surface area (Å²) in [4.78, 5) is 0. The van der Waals surface area contributed by atoms with E-state index in [1.807, 2.05) is 0 Å². The van der Waals surface area contributed by atoms with Gasteiger partial charge in [-0.15, -0.1) is 6.58 Å². The van der Waals surface area contributed by atoms with Crippen molar-refractivity contribution in [1.82, 2.24) is 5.32 Å². The minimum atomic E-state index is 0.689. The van der Waals surface area contributed by atoms with Crippen molar-refractivity contribution in [3.05, 3.63) is 12.7 Å². The highest BCUT2D eigenvalue weighted by Crippen LogP contribution is 2.34. The first-order valence-corrected chi connectivity index (χ1v) is 8.16. The average molecular weight is 251 g/mol. The Morgan fingerprint density at radius 3 is 2.44 bits per heavy atom. The van der Waals surface area contributed by atoms with E-state index in [1.165, 1.54) is 51.4 Å². The van der Waals surface area contributed by atoms with Crippen molar-refractivity contribution in [3.8, 4) is 0 Å². The number of rotatable bonds is 9. The molecule has 1 rings (SSSR count). The fourth-order valence-corrected chi connectivity index (χ4v) is 3.32. The van der Waals surface area contributed by atoms with Crippen molar-refractivity contribution in [2.24, 2.45) is 11.8 Å². The molecule has 1 unspecified atom stereocenters. The third kappa shape index (κ3) is 5.56. The van der Waals surface area contributed by atoms with Gasteiger partial charge in [-0.2, -0.15) is 0 Å². The van der Waals surface area contributed by atoms with E-state index >= 15 is 0 Å². The van der Waals surface area contributed by atoms with Crippen LogP contribution in [-0.4, -0.2) is 12.6 Å². The molecule has 1 atom stereocenters. The monoisotopic (exact) mass is 251 g/mol. The molecule has 0 aromatic rings. The highest BCUT2D eigenvalue weighted by molar-refractivity contribution is 4.86. The largest absolute Gasteiger partial charge is 0.313 e. The second-order valence-electron chi connectivity index (χ2n) is 6.01. The molecule has 0 spiro atoms. The zero-order chi connectivity index (χ0) is 13.2. The van der Waals surface area contributed by atoms with Gasteiger partial charge in [-0.05, 0) is 44.1 Å². The molecule has 18 heavy (non-hydrogen) atoms. The van der Waals surface area contributed by atoms with Crippen LogP contribution < -0.4 is 5.32 Å². The SMILES string of the molecule is C=CCC(NCCC)C1CCC(CCCC)CC1. The zero-order valence-corrected chi connectivity index (χ0v) is 12.6. The highest BCUT2D eigenvalue weighted by atomic mass is 14.9. The van der Waals surface area contributed by atoms with Crippen molar-refractivity contribution in [2.45, 2.75) is 77.7 Å². The minimum absolute atomic E-state index is 0.689. The van der Waals surface area contributed by atoms with E-state index in [0.29, 0.717) is 6.04 Å². The molecule has 1 heteroatoms. The molecular weight excluding hydrogens is 218 g/mol. The van der Waals surface area contributed by atoms with Crippen LogP contribution in [0.25, 0.3) is 0 Å². The molecule has 0 heterocycles. The summed E-state index contributed by atoms with van der Waals surface area (Å²) in [5.74, 6) is 1.92. The summed E-state index contributed by atoms with van der Waals surface area (Å²) in [5.41, 5.74) is 0. The average Bonchev–Trinajstić information content (AvgIpc) is 2.42. The van der Waals surface area contributed by atoms with E-state index in [4.69, 9.17) is 0 Å². The van der Waals surface area contributed by atoms with Crippen LogP contribution in [0.3, 0.4) is 0 Å². The van der Waals surface area contributed by atoms with Gasteiger partial charge in [0.25, 0.3) is 0 Å². The maximum absolute atomic E-state index is 3.92. The van der Waals surface area contributed by atoms with Gasteiger partial charge in [0.05, 0.1) is 0 Å². The van der Waals surface area contributed by atoms with Gasteiger partial charge in [0, 0.05) is 6.04 Å². The van der Waals surface area contributed by atoms with Gasteiger partial charge in [0.2, 0.25) is 0 Å². The molecule has 1 nitrogen and oxygen atoms in total. The van der Waals surface area contributed by atoms with Crippen LogP contribution in [0.1, 0.15) is 71.6 Å². The Bertz CT molecular complexity index is 204. The fraction of sp³-hybridized carbons (Fsp3) is 0.882. The quantitative estimate of drug-likeness (QED) is 0.573. The molecule has 0 aliphatic heterocycles. The summed E-state index contributed by atoms with van der Waals surface area (Å²) in [6.45, 7) is 9.64. The zero-order valence-electron chi connectivity index (χ0n) is 12.6. The van der Waals surface area contributed by atoms with Crippen molar-refractivity contribution < 1.29 is 0 Å². The maximum atomic E-state index is 3.92. The van der Waals surface area contributed by atoms with Crippen LogP contribution in [0.15, 0.2) is 12.7 Å². The van der Waals surface area contributed by atoms with E-state index in [-0.39, 0.29) is 0 Å². The van der Waals surface area contributed by atoms with E-state index < -0.39 is 0 Å². The first-order valence-electron chi connectivity index (χ1n) is 8.16. The molecule has 0 saturated heterocycles. The Morgan fingerprint density at radius 2 is 1.89 bits per heavy atom. The summed E-state index contributed by atoms with van der Waals surface area (Å²) in [5, 5.41) is 3.73. The van der Waals surface area contributed by atoms with E-state index in [9.17, 15) is 0 Å². The lowest BCUT2D eigenvalue weighted by molar-refractivity contribution is 0.212. The molecule has 1 aliphatic rings. The van der Waals surface area contributed by atoms with Gasteiger partial charge < -0.3 is 5.32 Å². The van der Waals surface area contributed by atoms with Gasteiger partial charge in [0.15, 0.2) is 0 Å². The molecule has 0 aromatic carbocycles. The van der Waals surface area contributed by atoms with Crippen molar-refractivity contribution >= 4 is 0 Å². The van der Waals surface area contributed by atoms with Crippen molar-refractivity contribution in [2.75, 3.05) is 6.54 Å². The van der Waals surface area contributed by atoms with Crippen LogP contribution in [0.4, 0.5) is 0 Å². The molecule has 1 N–H and O–H groups in total. The molecule has 0 bridgehead atoms. The summed E-state index contributed by atoms with van der Waals surface area (Å²) in [6.07, 6.45) is 14.5. The first-order chi connectivity index (χ1) is 8.81. The van der Waals surface area contributed by atoms with Gasteiger partial charge in [-0.25, -0.2) is 0 Å². The smallest absolute Gasteiger partial charge is 0.0130 e. The molecule has 0 amide bonds. The predicted molar refractivity (Wildman–Crippen MR) is 81.9 cm³/mol. The number of hydrogen-bond donors (Lipinski definition) is 1. The lowest BCUT2D eigenvalue weighted by atomic mass is 9.76. The standard InChI is InChI=1S/C17H33N/c1-4-7-9-15-10-12-16(13-11-15)17(8-5-2)18-14-6-3/h5,15-18H,2,4,6-14H2,1,3H3. The molecule has 1 saturated carbocycles. The Balaban J connectivity index is 2.30. The summed E-state index contributed by atoms with van der Waals surface area (Å²) < 4.78 is 0. The van der Waals surface area contributed by atoms with Crippen LogP contribution in [0.2, 0.25) is 0 Å². The van der Waals surface area contributed by atoms with Gasteiger partial charge in [0.1, 0.15) is 0 Å². The lowest BCUT2D eigenvalue weighted by Crippen LogP contribution is -2.38. The van der Waals surface area contributed by atoms with Crippen LogP contribution in [0, 0.1) is 11.8 Å². The minimum Gasteiger partial charge on any atom is -0.313 e. The van der Waals surface area contributed by atoms with Crippen LogP contribution >= 0.6 is 0 Å². The Hall–Kier alpha value is -0.300. The Morgan fingerprint density at radius 1 is 1.17 bits per heavy atom. The second kappa shape index (κ2) is 9.61. The highest BCUT2D eigenvalue weighted by Gasteiger charge is 2.26. The van der Waals surface area contributed by atoms with E-state index in [0.717, 1.165) is 24.8 Å². The number of nitrogens with one attached hydrogen (secondary N) is 1. The van der Waals surface area contributed by atoms with Crippen molar-refractivity contribution in [3.63, 3.8) is 0 Å². The topological polar surface area (TPSA) is 12.0 Å². The number of unbranched alkanes of at least 4 members (excludes halogenated alkanes) is 1. The molecular formula is C17H33N. The number of hydrogen-bond acceptors (Lipinski definition) is 1. The molecule has 0 aromatic heterocycles. The summed E-state index contributed by atoms with van der Waals surface area (Å²) in [7, 11) is 0. The summed E-state index contributed by atoms with van der Waals surface area (Å²) in [6, 6.07) is 0.689. The lowest BCUT2D eigenvalue weighted by Gasteiger charge is -2.34. The van der Waals surface area contributed by atoms with Crippen molar-refractivity contribution in [1.29, 1.82) is 0 Å². The molecule has 1 fully saturated rings. The van der Waals surface area contributed by atoms with Gasteiger partial charge in [-0.1, -0.05) is 52.0 Å². The molecule has 106 valence electrons. The normalized spacial score (nSPS) is 25.9. The predicted octanol–water partition coefficient (Wildman–Crippen LogP) is 4.93. The van der Waals surface area contributed by atoms with Crippen LogP contribution in [0.5, 0.6) is 0 Å². The van der Waals surface area contributed by atoms with Crippen LogP contribution in [-0.2, 0) is 0 Å². The molecule has 1 aliphatic carbocycles. The maximum Gasteiger partial charge on any atom is 0.0130 e. The fourth-order valence-electron chi connectivity index (χ4n) is 3.32. The third-order valence-corrected chi connectivity index (χ3v) is 4.50. The van der Waals surface area contributed by atoms with Gasteiger partial charge in [-0.3, -0.25) is 0 Å². The van der Waals surface area contributed by atoms with E-state index in [2.05, 4.69) is 31.8 Å². The summed E-state index contributed by atoms with van der Waals surface area (Å²) >= 11 is 0. The van der Waals surface area contributed by atoms with E-state index in [1.54, 1.807) is 0 Å². The Labute approximate surface area is 114 Å².